The van der Waals surface area contributed by atoms with Gasteiger partial charge in [0.15, 0.2) is 9.79 Å². The molecule has 0 N–H and O–H groups in total. The smallest absolute Gasteiger partial charge is 0.0901 e. The molecule has 0 spiro atoms. The van der Waals surface area contributed by atoms with Gasteiger partial charge in [-0.15, -0.1) is 0 Å². The second-order valence-electron chi connectivity index (χ2n) is 4.68. The van der Waals surface area contributed by atoms with E-state index >= 15 is 0 Å². The van der Waals surface area contributed by atoms with E-state index in [0.29, 0.717) is 21.8 Å². The van der Waals surface area contributed by atoms with Crippen LogP contribution in [0.15, 0.2) is 68.1 Å². The van der Waals surface area contributed by atoms with E-state index in [9.17, 15) is 0 Å². The average Bonchev–Trinajstić information content (AvgIpc) is 2.40. The Labute approximate surface area is 126 Å². The lowest BCUT2D eigenvalue weighted by Gasteiger charge is -2.03. The summed E-state index contributed by atoms with van der Waals surface area (Å²) in [6.07, 6.45) is 9.03. The van der Waals surface area contributed by atoms with Gasteiger partial charge in [0.05, 0.1) is 0 Å². The summed E-state index contributed by atoms with van der Waals surface area (Å²) in [6.45, 7) is 0. The van der Waals surface area contributed by atoms with Crippen LogP contribution in [0.1, 0.15) is 0 Å². The van der Waals surface area contributed by atoms with Crippen LogP contribution in [0.2, 0.25) is 0 Å². The first-order valence-electron chi connectivity index (χ1n) is 6.09. The van der Waals surface area contributed by atoms with E-state index in [2.05, 4.69) is 73.6 Å². The zero-order valence-electron chi connectivity index (χ0n) is 11.8. The van der Waals surface area contributed by atoms with Gasteiger partial charge in [0, 0.05) is 31.6 Å². The average molecular weight is 309 g/mol. The van der Waals surface area contributed by atoms with Gasteiger partial charge in [0.25, 0.3) is 0 Å². The minimum absolute atomic E-state index is 0.350. The molecule has 0 saturated carbocycles. The Morgan fingerprint density at radius 3 is 1.16 bits per heavy atom. The van der Waals surface area contributed by atoms with Crippen molar-refractivity contribution in [2.24, 2.45) is 0 Å². The SMILES string of the molecule is C[S+](C)c1ccc(Sc2ccc([S+](C)C)cc2)cc1. The number of rotatable bonds is 4. The highest BCUT2D eigenvalue weighted by molar-refractivity contribution is 7.99. The summed E-state index contributed by atoms with van der Waals surface area (Å²) < 4.78 is 0. The lowest BCUT2D eigenvalue weighted by atomic mass is 10.4. The van der Waals surface area contributed by atoms with Gasteiger partial charge in [0.2, 0.25) is 0 Å². The molecule has 0 aliphatic carbocycles. The van der Waals surface area contributed by atoms with Crippen LogP contribution in [0.3, 0.4) is 0 Å². The Kier molecular flexibility index (Phi) is 5.31. The quantitative estimate of drug-likeness (QED) is 0.758. The number of benzene rings is 2. The van der Waals surface area contributed by atoms with Crippen molar-refractivity contribution >= 4 is 33.6 Å². The van der Waals surface area contributed by atoms with Gasteiger partial charge in [-0.25, -0.2) is 0 Å². The molecule has 2 aromatic carbocycles. The van der Waals surface area contributed by atoms with E-state index in [1.807, 2.05) is 11.8 Å². The highest BCUT2D eigenvalue weighted by Gasteiger charge is 2.09. The summed E-state index contributed by atoms with van der Waals surface area (Å²) in [7, 11) is 0.699. The second kappa shape index (κ2) is 6.78. The molecule has 0 amide bonds. The van der Waals surface area contributed by atoms with Gasteiger partial charge in [-0.1, -0.05) is 11.8 Å². The summed E-state index contributed by atoms with van der Waals surface area (Å²) in [6, 6.07) is 17.9. The predicted molar refractivity (Wildman–Crippen MR) is 92.0 cm³/mol. The Morgan fingerprint density at radius 2 is 0.895 bits per heavy atom. The van der Waals surface area contributed by atoms with Crippen molar-refractivity contribution in [3.05, 3.63) is 48.5 Å². The fourth-order valence-electron chi connectivity index (χ4n) is 1.70. The fraction of sp³-hybridized carbons (Fsp3) is 0.250. The van der Waals surface area contributed by atoms with Crippen LogP contribution in [0.5, 0.6) is 0 Å². The van der Waals surface area contributed by atoms with Crippen molar-refractivity contribution in [3.63, 3.8) is 0 Å². The third kappa shape index (κ3) is 4.23. The van der Waals surface area contributed by atoms with Gasteiger partial charge >= 0.3 is 0 Å². The molecular formula is C16H20S3+2. The third-order valence-electron chi connectivity index (χ3n) is 2.83. The standard InChI is InChI=1S/C16H20S3/c1-18(2)15-9-5-13(6-10-15)17-14-7-11-16(12-8-14)19(3)4/h5-12H,1-4H3/q+2. The summed E-state index contributed by atoms with van der Waals surface area (Å²) in [5.74, 6) is 0. The molecule has 19 heavy (non-hydrogen) atoms. The number of hydrogen-bond donors (Lipinski definition) is 0. The van der Waals surface area contributed by atoms with Crippen LogP contribution in [0.25, 0.3) is 0 Å². The molecule has 0 saturated heterocycles. The van der Waals surface area contributed by atoms with Gasteiger partial charge in [-0.2, -0.15) is 0 Å². The summed E-state index contributed by atoms with van der Waals surface area (Å²) >= 11 is 1.83. The maximum absolute atomic E-state index is 2.26. The van der Waals surface area contributed by atoms with Crippen LogP contribution in [-0.4, -0.2) is 25.0 Å². The maximum atomic E-state index is 2.26. The molecule has 0 aliphatic heterocycles. The van der Waals surface area contributed by atoms with E-state index in [1.165, 1.54) is 19.6 Å². The highest BCUT2D eigenvalue weighted by atomic mass is 32.2. The Morgan fingerprint density at radius 1 is 0.579 bits per heavy atom. The maximum Gasteiger partial charge on any atom is 0.154 e. The van der Waals surface area contributed by atoms with E-state index < -0.39 is 0 Å². The van der Waals surface area contributed by atoms with E-state index in [-0.39, 0.29) is 0 Å². The molecule has 0 heterocycles. The van der Waals surface area contributed by atoms with Crippen LogP contribution >= 0.6 is 11.8 Å². The Balaban J connectivity index is 2.08. The van der Waals surface area contributed by atoms with Crippen LogP contribution < -0.4 is 0 Å². The first kappa shape index (κ1) is 14.9. The molecule has 0 fully saturated rings. The molecular weight excluding hydrogens is 288 g/mol. The van der Waals surface area contributed by atoms with Crippen molar-refractivity contribution in [1.29, 1.82) is 0 Å². The van der Waals surface area contributed by atoms with Crippen molar-refractivity contribution in [2.75, 3.05) is 25.0 Å². The minimum atomic E-state index is 0.350. The minimum Gasteiger partial charge on any atom is -0.0901 e. The first-order valence-corrected chi connectivity index (χ1v) is 11.0. The normalized spacial score (nSPS) is 11.3. The lowest BCUT2D eigenvalue weighted by molar-refractivity contribution is 1.31. The zero-order valence-corrected chi connectivity index (χ0v) is 14.3. The third-order valence-corrected chi connectivity index (χ3v) is 6.27. The molecule has 3 heteroatoms. The van der Waals surface area contributed by atoms with E-state index in [0.717, 1.165) is 0 Å². The Bertz CT molecular complexity index is 463. The Hall–Kier alpha value is -0.510. The van der Waals surface area contributed by atoms with Crippen LogP contribution in [0, 0.1) is 0 Å². The van der Waals surface area contributed by atoms with Crippen molar-refractivity contribution < 1.29 is 0 Å². The van der Waals surface area contributed by atoms with Crippen LogP contribution in [0.4, 0.5) is 0 Å². The molecule has 2 aromatic rings. The molecule has 0 aromatic heterocycles. The predicted octanol–water partition coefficient (Wildman–Crippen LogP) is 4.31. The molecule has 0 radical (unpaired) electrons. The number of hydrogen-bond acceptors (Lipinski definition) is 1. The van der Waals surface area contributed by atoms with Crippen LogP contribution in [-0.2, 0) is 21.8 Å². The van der Waals surface area contributed by atoms with E-state index in [1.54, 1.807) is 0 Å². The molecule has 0 atom stereocenters. The van der Waals surface area contributed by atoms with E-state index in [4.69, 9.17) is 0 Å². The second-order valence-corrected chi connectivity index (χ2v) is 10.0. The topological polar surface area (TPSA) is 0 Å². The molecule has 0 bridgehead atoms. The highest BCUT2D eigenvalue weighted by Crippen LogP contribution is 2.29. The molecule has 0 unspecified atom stereocenters. The van der Waals surface area contributed by atoms with Gasteiger partial charge in [0.1, 0.15) is 25.0 Å². The largest absolute Gasteiger partial charge is 0.154 e. The van der Waals surface area contributed by atoms with Crippen molar-refractivity contribution in [3.8, 4) is 0 Å². The summed E-state index contributed by atoms with van der Waals surface area (Å²) in [5.41, 5.74) is 0. The van der Waals surface area contributed by atoms with Crippen molar-refractivity contribution in [1.82, 2.24) is 0 Å². The monoisotopic (exact) mass is 308 g/mol. The van der Waals surface area contributed by atoms with Crippen molar-refractivity contribution in [2.45, 2.75) is 19.6 Å². The summed E-state index contributed by atoms with van der Waals surface area (Å²) in [5, 5.41) is 0. The molecule has 0 nitrogen and oxygen atoms in total. The lowest BCUT2D eigenvalue weighted by Crippen LogP contribution is -1.95. The first-order chi connectivity index (χ1) is 9.06. The van der Waals surface area contributed by atoms with Gasteiger partial charge < -0.3 is 0 Å². The van der Waals surface area contributed by atoms with Gasteiger partial charge in [-0.3, -0.25) is 0 Å². The van der Waals surface area contributed by atoms with Gasteiger partial charge in [-0.05, 0) is 48.5 Å². The molecule has 0 aliphatic rings. The molecule has 2 rings (SSSR count). The summed E-state index contributed by atoms with van der Waals surface area (Å²) in [4.78, 5) is 5.49. The zero-order chi connectivity index (χ0) is 13.8. The fourth-order valence-corrected chi connectivity index (χ4v) is 3.87. The molecule has 100 valence electrons.